The predicted octanol–water partition coefficient (Wildman–Crippen LogP) is 4.76. The van der Waals surface area contributed by atoms with Gasteiger partial charge in [0.1, 0.15) is 0 Å². The molecule has 0 radical (unpaired) electrons. The number of fused-ring (bicyclic) bond motifs is 1. The highest BCUT2D eigenvalue weighted by Gasteiger charge is 2.36. The van der Waals surface area contributed by atoms with E-state index in [2.05, 4.69) is 15.6 Å². The molecule has 0 spiro atoms. The second-order valence-electron chi connectivity index (χ2n) is 7.08. The summed E-state index contributed by atoms with van der Waals surface area (Å²) in [5.41, 5.74) is 1.60. The normalized spacial score (nSPS) is 15.9. The zero-order valence-electron chi connectivity index (χ0n) is 15.5. The van der Waals surface area contributed by atoms with Crippen molar-refractivity contribution in [3.63, 3.8) is 0 Å². The minimum absolute atomic E-state index is 0.226. The van der Waals surface area contributed by atoms with Crippen LogP contribution >= 0.6 is 11.6 Å². The van der Waals surface area contributed by atoms with Crippen LogP contribution in [0, 0.1) is 0 Å². The first-order valence-electron chi connectivity index (χ1n) is 9.38. The summed E-state index contributed by atoms with van der Waals surface area (Å²) in [4.78, 5) is 16.8. The third-order valence-corrected chi connectivity index (χ3v) is 5.74. The minimum Gasteiger partial charge on any atom is -0.381 e. The van der Waals surface area contributed by atoms with Crippen LogP contribution in [-0.4, -0.2) is 30.8 Å². The van der Waals surface area contributed by atoms with Gasteiger partial charge in [-0.3, -0.25) is 4.98 Å². The lowest BCUT2D eigenvalue weighted by Gasteiger charge is -2.38. The van der Waals surface area contributed by atoms with Crippen LogP contribution < -0.4 is 10.6 Å². The first-order valence-corrected chi connectivity index (χ1v) is 9.76. The molecule has 1 aromatic heterocycles. The maximum atomic E-state index is 12.7. The molecule has 5 nitrogen and oxygen atoms in total. The van der Waals surface area contributed by atoms with E-state index in [0.717, 1.165) is 39.9 Å². The van der Waals surface area contributed by atoms with Crippen LogP contribution in [0.15, 0.2) is 60.9 Å². The van der Waals surface area contributed by atoms with Gasteiger partial charge in [-0.2, -0.15) is 0 Å². The number of amides is 2. The van der Waals surface area contributed by atoms with Crippen LogP contribution in [0.4, 0.5) is 10.5 Å². The van der Waals surface area contributed by atoms with Crippen molar-refractivity contribution in [1.82, 2.24) is 10.3 Å². The summed E-state index contributed by atoms with van der Waals surface area (Å²) < 4.78 is 5.56. The molecule has 2 N–H and O–H groups in total. The van der Waals surface area contributed by atoms with Crippen molar-refractivity contribution < 1.29 is 9.53 Å². The highest BCUT2D eigenvalue weighted by molar-refractivity contribution is 6.31. The second kappa shape index (κ2) is 8.17. The molecule has 4 rings (SSSR count). The second-order valence-corrected chi connectivity index (χ2v) is 7.49. The zero-order valence-corrected chi connectivity index (χ0v) is 16.2. The van der Waals surface area contributed by atoms with Crippen molar-refractivity contribution in [2.45, 2.75) is 18.3 Å². The number of rotatable bonds is 4. The molecular weight excluding hydrogens is 374 g/mol. The molecule has 0 atom stereocenters. The molecule has 1 aliphatic rings. The van der Waals surface area contributed by atoms with E-state index in [1.807, 2.05) is 48.5 Å². The first-order chi connectivity index (χ1) is 13.7. The van der Waals surface area contributed by atoms with Crippen molar-refractivity contribution >= 4 is 34.1 Å². The molecule has 0 unspecified atom stereocenters. The Morgan fingerprint density at radius 2 is 1.93 bits per heavy atom. The van der Waals surface area contributed by atoms with E-state index in [4.69, 9.17) is 16.3 Å². The van der Waals surface area contributed by atoms with Crippen LogP contribution in [-0.2, 0) is 10.2 Å². The van der Waals surface area contributed by atoms with Crippen molar-refractivity contribution in [3.8, 4) is 0 Å². The van der Waals surface area contributed by atoms with Gasteiger partial charge in [-0.05, 0) is 36.6 Å². The number of anilines is 1. The standard InChI is InChI=1S/C22H22ClN3O2/c23-19-6-2-1-5-18(19)22(9-12-28-13-10-22)15-25-21(27)26-20-7-3-4-16-14-24-11-8-17(16)20/h1-8,11,14H,9-10,12-13,15H2,(H2,25,26,27). The number of hydrogen-bond acceptors (Lipinski definition) is 3. The number of carbonyl (C=O) groups is 1. The summed E-state index contributed by atoms with van der Waals surface area (Å²) in [7, 11) is 0. The minimum atomic E-state index is -0.234. The van der Waals surface area contributed by atoms with Crippen molar-refractivity contribution in [2.24, 2.45) is 0 Å². The number of halogens is 1. The Kier molecular flexibility index (Phi) is 5.46. The molecular formula is C22H22ClN3O2. The maximum Gasteiger partial charge on any atom is 0.319 e. The number of benzene rings is 2. The Labute approximate surface area is 169 Å². The number of hydrogen-bond donors (Lipinski definition) is 2. The van der Waals surface area contributed by atoms with Crippen LogP contribution in [0.3, 0.4) is 0 Å². The number of carbonyl (C=O) groups excluding carboxylic acids is 1. The average molecular weight is 396 g/mol. The van der Waals surface area contributed by atoms with Gasteiger partial charge in [0.15, 0.2) is 0 Å². The molecule has 0 bridgehead atoms. The van der Waals surface area contributed by atoms with Crippen LogP contribution in [0.25, 0.3) is 10.8 Å². The topological polar surface area (TPSA) is 63.2 Å². The van der Waals surface area contributed by atoms with Gasteiger partial charge in [0, 0.05) is 53.4 Å². The molecule has 1 aliphatic heterocycles. The summed E-state index contributed by atoms with van der Waals surface area (Å²) in [5, 5.41) is 8.69. The fourth-order valence-corrected chi connectivity index (χ4v) is 4.18. The van der Waals surface area contributed by atoms with Crippen molar-refractivity contribution in [2.75, 3.05) is 25.1 Å². The molecule has 1 fully saturated rings. The lowest BCUT2D eigenvalue weighted by Crippen LogP contribution is -2.45. The molecule has 1 saturated heterocycles. The summed E-state index contributed by atoms with van der Waals surface area (Å²) in [6, 6.07) is 15.3. The maximum absolute atomic E-state index is 12.7. The largest absolute Gasteiger partial charge is 0.381 e. The smallest absolute Gasteiger partial charge is 0.319 e. The van der Waals surface area contributed by atoms with E-state index in [9.17, 15) is 4.79 Å². The van der Waals surface area contributed by atoms with E-state index >= 15 is 0 Å². The molecule has 2 heterocycles. The lowest BCUT2D eigenvalue weighted by atomic mass is 9.74. The Balaban J connectivity index is 1.51. The molecule has 2 aromatic carbocycles. The quantitative estimate of drug-likeness (QED) is 0.669. The highest BCUT2D eigenvalue weighted by atomic mass is 35.5. The van der Waals surface area contributed by atoms with Gasteiger partial charge < -0.3 is 15.4 Å². The van der Waals surface area contributed by atoms with E-state index in [1.54, 1.807) is 12.4 Å². The van der Waals surface area contributed by atoms with Gasteiger partial charge in [-0.15, -0.1) is 0 Å². The first kappa shape index (κ1) is 18.7. The van der Waals surface area contributed by atoms with Gasteiger partial charge in [0.05, 0.1) is 5.69 Å². The number of nitrogens with one attached hydrogen (secondary N) is 2. The highest BCUT2D eigenvalue weighted by Crippen LogP contribution is 2.38. The Hall–Kier alpha value is -2.63. The fourth-order valence-electron chi connectivity index (χ4n) is 3.84. The van der Waals surface area contributed by atoms with Crippen molar-refractivity contribution in [3.05, 3.63) is 71.5 Å². The lowest BCUT2D eigenvalue weighted by molar-refractivity contribution is 0.0509. The summed E-state index contributed by atoms with van der Waals surface area (Å²) in [5.74, 6) is 0. The molecule has 6 heteroatoms. The molecule has 2 amide bonds. The molecule has 3 aromatic rings. The molecule has 0 aliphatic carbocycles. The van der Waals surface area contributed by atoms with Gasteiger partial charge in [-0.25, -0.2) is 4.79 Å². The van der Waals surface area contributed by atoms with E-state index in [1.165, 1.54) is 0 Å². The van der Waals surface area contributed by atoms with Gasteiger partial charge >= 0.3 is 6.03 Å². The monoisotopic (exact) mass is 395 g/mol. The SMILES string of the molecule is O=C(NCC1(c2ccccc2Cl)CCOCC1)Nc1cccc2cnccc12. The number of aromatic nitrogens is 1. The van der Waals surface area contributed by atoms with Crippen LogP contribution in [0.2, 0.25) is 5.02 Å². The molecule has 28 heavy (non-hydrogen) atoms. The molecule has 144 valence electrons. The van der Waals surface area contributed by atoms with Crippen molar-refractivity contribution in [1.29, 1.82) is 0 Å². The van der Waals surface area contributed by atoms with Gasteiger partial charge in [0.2, 0.25) is 0 Å². The third kappa shape index (κ3) is 3.81. The summed E-state index contributed by atoms with van der Waals surface area (Å²) >= 11 is 6.48. The van der Waals surface area contributed by atoms with E-state index in [0.29, 0.717) is 19.8 Å². The Morgan fingerprint density at radius 3 is 2.75 bits per heavy atom. The van der Waals surface area contributed by atoms with Crippen LogP contribution in [0.5, 0.6) is 0 Å². The third-order valence-electron chi connectivity index (χ3n) is 5.41. The van der Waals surface area contributed by atoms with E-state index in [-0.39, 0.29) is 11.4 Å². The number of ether oxygens (including phenoxy) is 1. The van der Waals surface area contributed by atoms with E-state index < -0.39 is 0 Å². The number of pyridine rings is 1. The van der Waals surface area contributed by atoms with Gasteiger partial charge in [0.25, 0.3) is 0 Å². The predicted molar refractivity (Wildman–Crippen MR) is 112 cm³/mol. The Morgan fingerprint density at radius 1 is 1.11 bits per heavy atom. The fraction of sp³-hybridized carbons (Fsp3) is 0.273. The average Bonchev–Trinajstić information content (AvgIpc) is 2.74. The molecule has 0 saturated carbocycles. The number of nitrogens with zero attached hydrogens (tertiary/aromatic N) is 1. The summed E-state index contributed by atoms with van der Waals surface area (Å²) in [6.45, 7) is 1.81. The van der Waals surface area contributed by atoms with Gasteiger partial charge in [-0.1, -0.05) is 41.9 Å². The van der Waals surface area contributed by atoms with Crippen LogP contribution in [0.1, 0.15) is 18.4 Å². The summed E-state index contributed by atoms with van der Waals surface area (Å²) in [6.07, 6.45) is 5.14. The number of urea groups is 1. The zero-order chi connectivity index (χ0) is 19.4. The Bertz CT molecular complexity index is 981.